The van der Waals surface area contributed by atoms with Gasteiger partial charge in [0.2, 0.25) is 5.88 Å². The fourth-order valence-corrected chi connectivity index (χ4v) is 4.89. The van der Waals surface area contributed by atoms with Crippen molar-refractivity contribution in [3.63, 3.8) is 0 Å². The molecular formula is C31H36F2N5O5+. The van der Waals surface area contributed by atoms with Gasteiger partial charge in [-0.3, -0.25) is 14.9 Å². The van der Waals surface area contributed by atoms with Crippen molar-refractivity contribution in [2.75, 3.05) is 13.7 Å². The number of hydrogen-bond acceptors (Lipinski definition) is 7. The molecule has 6 N–H and O–H groups in total. The zero-order valence-corrected chi connectivity index (χ0v) is 24.0. The third-order valence-electron chi connectivity index (χ3n) is 7.21. The van der Waals surface area contributed by atoms with Crippen molar-refractivity contribution in [3.8, 4) is 11.6 Å². The number of aromatic nitrogens is 1. The Morgan fingerprint density at radius 2 is 1.95 bits per heavy atom. The van der Waals surface area contributed by atoms with Crippen molar-refractivity contribution in [2.24, 2.45) is 0 Å². The Kier molecular flexibility index (Phi) is 10.4. The normalized spacial score (nSPS) is 14.9. The number of methoxy groups -OCH3 is 1. The summed E-state index contributed by atoms with van der Waals surface area (Å²) in [5.41, 5.74) is 2.86. The maximum absolute atomic E-state index is 13.7. The Labute approximate surface area is 248 Å². The van der Waals surface area contributed by atoms with Gasteiger partial charge in [0.25, 0.3) is 11.8 Å². The Bertz CT molecular complexity index is 1420. The molecule has 1 fully saturated rings. The molecule has 4 rings (SSSR count). The number of nitrogens with one attached hydrogen (secondary N) is 3. The van der Waals surface area contributed by atoms with Gasteiger partial charge in [0, 0.05) is 54.7 Å². The lowest BCUT2D eigenvalue weighted by Crippen LogP contribution is -2.71. The Morgan fingerprint density at radius 1 is 1.19 bits per heavy atom. The number of quaternary nitrogens is 1. The van der Waals surface area contributed by atoms with Gasteiger partial charge in [-0.1, -0.05) is 18.9 Å². The van der Waals surface area contributed by atoms with Crippen LogP contribution in [0.1, 0.15) is 60.2 Å². The number of hydrogen-bond donors (Lipinski definition) is 5. The van der Waals surface area contributed by atoms with Crippen molar-refractivity contribution < 1.29 is 38.3 Å². The number of halogens is 2. The summed E-state index contributed by atoms with van der Waals surface area (Å²) in [4.78, 5) is 29.0. The van der Waals surface area contributed by atoms with Crippen LogP contribution in [0.25, 0.3) is 0 Å². The number of pyridine rings is 1. The Hall–Kier alpha value is -4.42. The molecule has 2 atom stereocenters. The fraction of sp³-hybridized carbons (Fsp3) is 0.355. The van der Waals surface area contributed by atoms with Gasteiger partial charge in [-0.2, -0.15) is 8.78 Å². The first-order valence-corrected chi connectivity index (χ1v) is 14.0. The minimum Gasteiger partial charge on any atom is -0.483 e. The lowest BCUT2D eigenvalue weighted by Gasteiger charge is -2.28. The topological polar surface area (TPSA) is 150 Å². The summed E-state index contributed by atoms with van der Waals surface area (Å²) in [6.07, 6.45) is 5.64. The summed E-state index contributed by atoms with van der Waals surface area (Å²) in [6, 6.07) is 14.2. The van der Waals surface area contributed by atoms with Gasteiger partial charge in [-0.25, -0.2) is 4.98 Å². The zero-order chi connectivity index (χ0) is 31.0. The number of amides is 2. The van der Waals surface area contributed by atoms with E-state index >= 15 is 0 Å². The average molecular weight is 597 g/mol. The maximum atomic E-state index is 13.7. The number of nitrogens with zero attached hydrogens (tertiary/aromatic N) is 1. The molecule has 1 heterocycles. The lowest BCUT2D eigenvalue weighted by atomic mass is 10.0. The molecule has 2 amide bonds. The number of ether oxygens (including phenoxy) is 2. The molecule has 1 aromatic heterocycles. The number of rotatable bonds is 13. The van der Waals surface area contributed by atoms with Gasteiger partial charge in [0.15, 0.2) is 0 Å². The van der Waals surface area contributed by atoms with Crippen molar-refractivity contribution in [3.05, 3.63) is 77.5 Å². The van der Waals surface area contributed by atoms with Gasteiger partial charge < -0.3 is 30.6 Å². The van der Waals surface area contributed by atoms with E-state index < -0.39 is 30.6 Å². The molecule has 1 aliphatic rings. The molecule has 1 saturated carbocycles. The summed E-state index contributed by atoms with van der Waals surface area (Å²) < 4.78 is 38.6. The van der Waals surface area contributed by atoms with E-state index in [4.69, 9.17) is 14.9 Å². The van der Waals surface area contributed by atoms with Gasteiger partial charge in [-0.05, 0) is 43.2 Å². The third-order valence-corrected chi connectivity index (χ3v) is 7.21. The first kappa shape index (κ1) is 31.5. The first-order chi connectivity index (χ1) is 20.6. The third kappa shape index (κ3) is 8.33. The second kappa shape index (κ2) is 14.2. The molecule has 0 bridgehead atoms. The lowest BCUT2D eigenvalue weighted by molar-refractivity contribution is -0.478. The summed E-state index contributed by atoms with van der Waals surface area (Å²) in [6.45, 7) is -0.239. The highest BCUT2D eigenvalue weighted by atomic mass is 19.3. The van der Waals surface area contributed by atoms with Crippen LogP contribution in [0.4, 0.5) is 20.2 Å². The first-order valence-electron chi connectivity index (χ1n) is 14.0. The number of nitrogens with two attached hydrogens (primary N) is 1. The van der Waals surface area contributed by atoms with Crippen LogP contribution >= 0.6 is 0 Å². The standard InChI is InChI=1S/C31H35F2N5O5/c1-31(32,33)30(41)38-26(18-39)28(20-10-13-27(42-2)35-17-20)43-24-11-12-25(21(15-24)16-34)36-23-9-5-6-19(14-23)29(40)37-22-7-3-4-8-22/h5-6,9-17,22,26,28,34,36,39H,3-4,7-8,18H2,1-2H3,(H,37,40)(H,38,41)/p+1/t26-,28+/m0/s1. The van der Waals surface area contributed by atoms with Crippen molar-refractivity contribution in [2.45, 2.75) is 56.7 Å². The molecule has 0 saturated heterocycles. The quantitative estimate of drug-likeness (QED) is 0.151. The fourth-order valence-electron chi connectivity index (χ4n) is 4.89. The maximum Gasteiger partial charge on any atom is 0.321 e. The molecule has 0 radical (unpaired) electrons. The molecule has 0 aliphatic heterocycles. The van der Waals surface area contributed by atoms with Crippen LogP contribution in [-0.4, -0.2) is 59.8 Å². The summed E-state index contributed by atoms with van der Waals surface area (Å²) >= 11 is 0. The Morgan fingerprint density at radius 3 is 2.58 bits per heavy atom. The molecule has 43 heavy (non-hydrogen) atoms. The molecule has 3 aromatic rings. The van der Waals surface area contributed by atoms with Crippen molar-refractivity contribution in [1.82, 2.24) is 15.6 Å². The van der Waals surface area contributed by atoms with E-state index in [1.54, 1.807) is 48.5 Å². The van der Waals surface area contributed by atoms with E-state index in [9.17, 15) is 23.5 Å². The summed E-state index contributed by atoms with van der Waals surface area (Å²) in [7, 11) is 1.44. The monoisotopic (exact) mass is 596 g/mol. The molecule has 1 aliphatic carbocycles. The highest BCUT2D eigenvalue weighted by Gasteiger charge is 2.36. The van der Waals surface area contributed by atoms with E-state index in [-0.39, 0.29) is 17.7 Å². The van der Waals surface area contributed by atoms with Gasteiger partial charge >= 0.3 is 5.92 Å². The number of alkyl halides is 2. The minimum absolute atomic E-state index is 0.122. The second-order valence-corrected chi connectivity index (χ2v) is 10.5. The molecule has 10 nitrogen and oxygen atoms in total. The van der Waals surface area contributed by atoms with Gasteiger partial charge in [0.05, 0.1) is 25.3 Å². The van der Waals surface area contributed by atoms with Crippen LogP contribution in [0.2, 0.25) is 0 Å². The smallest absolute Gasteiger partial charge is 0.321 e. The number of aliphatic hydroxyl groups excluding tert-OH is 1. The van der Waals surface area contributed by atoms with Crippen LogP contribution in [0, 0.1) is 5.41 Å². The number of benzene rings is 2. The van der Waals surface area contributed by atoms with Crippen molar-refractivity contribution >= 4 is 29.4 Å². The second-order valence-electron chi connectivity index (χ2n) is 10.5. The van der Waals surface area contributed by atoms with E-state index in [1.807, 2.05) is 11.4 Å². The van der Waals surface area contributed by atoms with Gasteiger partial charge in [-0.15, -0.1) is 0 Å². The predicted octanol–water partition coefficient (Wildman–Crippen LogP) is 3.54. The average Bonchev–Trinajstić information content (AvgIpc) is 3.52. The van der Waals surface area contributed by atoms with E-state index in [1.165, 1.54) is 13.3 Å². The minimum atomic E-state index is -3.67. The van der Waals surface area contributed by atoms with E-state index in [2.05, 4.69) is 15.6 Å². The molecule has 0 unspecified atom stereocenters. The van der Waals surface area contributed by atoms with Crippen molar-refractivity contribution in [1.29, 1.82) is 5.41 Å². The van der Waals surface area contributed by atoms with Crippen LogP contribution in [0.15, 0.2) is 60.8 Å². The summed E-state index contributed by atoms with van der Waals surface area (Å²) in [5.74, 6) is -4.79. The van der Waals surface area contributed by atoms with Crippen LogP contribution in [0.3, 0.4) is 0 Å². The number of carbonyl (C=O) groups excluding carboxylic acids is 2. The predicted molar refractivity (Wildman–Crippen MR) is 156 cm³/mol. The molecular weight excluding hydrogens is 560 g/mol. The SMILES string of the molecule is COc1ccc([C@@H](Oc2ccc([NH2+]c3cccc(C(=O)NC4CCCC4)c3)c(C=N)c2)[C@H](CO)NC(=O)C(C)(F)F)cn1. The van der Waals surface area contributed by atoms with E-state index in [0.29, 0.717) is 35.2 Å². The van der Waals surface area contributed by atoms with Crippen LogP contribution < -0.4 is 25.4 Å². The van der Waals surface area contributed by atoms with Crippen LogP contribution in [-0.2, 0) is 4.79 Å². The molecule has 0 spiro atoms. The Balaban J connectivity index is 1.56. The van der Waals surface area contributed by atoms with Gasteiger partial charge in [0.1, 0.15) is 23.2 Å². The number of carbonyl (C=O) groups is 2. The van der Waals surface area contributed by atoms with E-state index in [0.717, 1.165) is 37.6 Å². The molecule has 12 heteroatoms. The zero-order valence-electron chi connectivity index (χ0n) is 24.0. The highest BCUT2D eigenvalue weighted by Crippen LogP contribution is 2.29. The summed E-state index contributed by atoms with van der Waals surface area (Å²) in [5, 5.41) is 25.1. The molecule has 2 aromatic carbocycles. The molecule has 228 valence electrons. The largest absolute Gasteiger partial charge is 0.483 e. The number of aliphatic hydroxyl groups is 1. The van der Waals surface area contributed by atoms with Crippen LogP contribution in [0.5, 0.6) is 11.6 Å². The highest BCUT2D eigenvalue weighted by molar-refractivity contribution is 5.95.